The minimum atomic E-state index is -0.0314. The number of aryl methyl sites for hydroxylation is 1. The molecule has 0 bridgehead atoms. The molecule has 0 saturated carbocycles. The number of methoxy groups -OCH3 is 1. The minimum absolute atomic E-state index is 0.0314. The van der Waals surface area contributed by atoms with Crippen LogP contribution in [0, 0.1) is 6.92 Å². The van der Waals surface area contributed by atoms with Gasteiger partial charge >= 0.3 is 0 Å². The summed E-state index contributed by atoms with van der Waals surface area (Å²) in [5, 5.41) is 3.37. The second kappa shape index (κ2) is 4.93. The van der Waals surface area contributed by atoms with Gasteiger partial charge in [0.1, 0.15) is 5.75 Å². The third-order valence-corrected chi connectivity index (χ3v) is 3.65. The van der Waals surface area contributed by atoms with Gasteiger partial charge in [0.05, 0.1) is 7.11 Å². The number of hydrogen-bond donors (Lipinski definition) is 1. The van der Waals surface area contributed by atoms with Crippen LogP contribution in [0.25, 0.3) is 0 Å². The van der Waals surface area contributed by atoms with Crippen LogP contribution in [0.5, 0.6) is 5.75 Å². The van der Waals surface area contributed by atoms with Gasteiger partial charge in [-0.1, -0.05) is 20.8 Å². The van der Waals surface area contributed by atoms with Gasteiger partial charge in [0.2, 0.25) is 0 Å². The van der Waals surface area contributed by atoms with Crippen LogP contribution in [0.15, 0.2) is 12.1 Å². The third-order valence-electron chi connectivity index (χ3n) is 3.65. The predicted octanol–water partition coefficient (Wildman–Crippen LogP) is 3.76. The first-order chi connectivity index (χ1) is 8.13. The Morgan fingerprint density at radius 1 is 1.00 bits per heavy atom. The van der Waals surface area contributed by atoms with Gasteiger partial charge in [0, 0.05) is 5.54 Å². The molecule has 0 aliphatic carbocycles. The van der Waals surface area contributed by atoms with Gasteiger partial charge in [-0.05, 0) is 62.1 Å². The molecule has 0 atom stereocenters. The fourth-order valence-electron chi connectivity index (χ4n) is 2.24. The van der Waals surface area contributed by atoms with Gasteiger partial charge in [0.25, 0.3) is 0 Å². The Hall–Kier alpha value is -1.02. The van der Waals surface area contributed by atoms with Crippen molar-refractivity contribution in [3.05, 3.63) is 28.8 Å². The molecule has 0 amide bonds. The van der Waals surface area contributed by atoms with Crippen LogP contribution in [0.2, 0.25) is 0 Å². The van der Waals surface area contributed by atoms with E-state index in [0.717, 1.165) is 5.75 Å². The van der Waals surface area contributed by atoms with Crippen molar-refractivity contribution in [2.75, 3.05) is 14.2 Å². The van der Waals surface area contributed by atoms with E-state index in [0.29, 0.717) is 0 Å². The second-order valence-corrected chi connectivity index (χ2v) is 6.49. The van der Waals surface area contributed by atoms with Gasteiger partial charge < -0.3 is 10.1 Å². The van der Waals surface area contributed by atoms with Crippen LogP contribution >= 0.6 is 0 Å². The Morgan fingerprint density at radius 3 is 1.94 bits per heavy atom. The van der Waals surface area contributed by atoms with Crippen molar-refractivity contribution in [1.82, 2.24) is 5.32 Å². The molecule has 0 fully saturated rings. The molecular weight excluding hydrogens is 222 g/mol. The van der Waals surface area contributed by atoms with Crippen LogP contribution in [-0.4, -0.2) is 14.2 Å². The first-order valence-corrected chi connectivity index (χ1v) is 6.52. The quantitative estimate of drug-likeness (QED) is 0.880. The second-order valence-electron chi connectivity index (χ2n) is 6.49. The molecule has 1 aromatic carbocycles. The van der Waals surface area contributed by atoms with Crippen LogP contribution in [0.3, 0.4) is 0 Å². The number of rotatable bonds is 3. The molecule has 0 spiro atoms. The summed E-state index contributed by atoms with van der Waals surface area (Å²) >= 11 is 0. The van der Waals surface area contributed by atoms with Gasteiger partial charge in [-0.25, -0.2) is 0 Å². The van der Waals surface area contributed by atoms with Crippen molar-refractivity contribution in [3.63, 3.8) is 0 Å². The number of ether oxygens (including phenoxy) is 1. The topological polar surface area (TPSA) is 21.3 Å². The molecule has 1 aromatic rings. The average molecular weight is 249 g/mol. The zero-order valence-electron chi connectivity index (χ0n) is 13.1. The minimum Gasteiger partial charge on any atom is -0.496 e. The molecule has 2 heteroatoms. The molecule has 0 aliphatic heterocycles. The third kappa shape index (κ3) is 2.86. The summed E-state index contributed by atoms with van der Waals surface area (Å²) in [5.41, 5.74) is 3.90. The van der Waals surface area contributed by atoms with Gasteiger partial charge in [-0.15, -0.1) is 0 Å². The summed E-state index contributed by atoms with van der Waals surface area (Å²) in [4.78, 5) is 0. The first kappa shape index (κ1) is 15.0. The highest BCUT2D eigenvalue weighted by atomic mass is 16.5. The van der Waals surface area contributed by atoms with E-state index < -0.39 is 0 Å². The summed E-state index contributed by atoms with van der Waals surface area (Å²) in [6, 6.07) is 4.43. The van der Waals surface area contributed by atoms with E-state index in [1.54, 1.807) is 7.11 Å². The Morgan fingerprint density at radius 2 is 1.56 bits per heavy atom. The molecule has 0 heterocycles. The SMILES string of the molecule is CNC(C)(C)c1cc(C(C)(C)C)c(OC)cc1C. The van der Waals surface area contributed by atoms with Crippen molar-refractivity contribution < 1.29 is 4.74 Å². The lowest BCUT2D eigenvalue weighted by molar-refractivity contribution is 0.393. The summed E-state index contributed by atoms with van der Waals surface area (Å²) in [6.45, 7) is 13.2. The van der Waals surface area contributed by atoms with Crippen molar-refractivity contribution in [3.8, 4) is 5.75 Å². The molecule has 0 radical (unpaired) electrons. The lowest BCUT2D eigenvalue weighted by Gasteiger charge is -2.30. The molecular formula is C16H27NO. The van der Waals surface area contributed by atoms with Crippen LogP contribution in [0.4, 0.5) is 0 Å². The van der Waals surface area contributed by atoms with E-state index in [9.17, 15) is 0 Å². The standard InChI is InChI=1S/C16H27NO/c1-11-9-14(18-8)13(15(2,3)4)10-12(11)16(5,6)17-7/h9-10,17H,1-8H3. The normalized spacial score (nSPS) is 12.7. The number of hydrogen-bond acceptors (Lipinski definition) is 2. The summed E-state index contributed by atoms with van der Waals surface area (Å²) < 4.78 is 5.53. The van der Waals surface area contributed by atoms with Gasteiger partial charge in [-0.3, -0.25) is 0 Å². The Labute approximate surface area is 112 Å². The summed E-state index contributed by atoms with van der Waals surface area (Å²) in [6.07, 6.45) is 0. The van der Waals surface area contributed by atoms with E-state index in [4.69, 9.17) is 4.74 Å². The van der Waals surface area contributed by atoms with Gasteiger partial charge in [-0.2, -0.15) is 0 Å². The lowest BCUT2D eigenvalue weighted by atomic mass is 9.81. The van der Waals surface area contributed by atoms with E-state index in [-0.39, 0.29) is 11.0 Å². The highest BCUT2D eigenvalue weighted by Gasteiger charge is 2.26. The molecule has 0 saturated heterocycles. The van der Waals surface area contributed by atoms with Crippen molar-refractivity contribution in [2.24, 2.45) is 0 Å². The maximum atomic E-state index is 5.53. The van der Waals surface area contributed by atoms with Crippen molar-refractivity contribution in [2.45, 2.75) is 52.5 Å². The van der Waals surface area contributed by atoms with Crippen LogP contribution in [0.1, 0.15) is 51.3 Å². The van der Waals surface area contributed by atoms with Crippen molar-refractivity contribution >= 4 is 0 Å². The molecule has 1 rings (SSSR count). The number of nitrogens with one attached hydrogen (secondary N) is 1. The predicted molar refractivity (Wildman–Crippen MR) is 78.5 cm³/mol. The molecule has 1 N–H and O–H groups in total. The van der Waals surface area contributed by atoms with E-state index >= 15 is 0 Å². The monoisotopic (exact) mass is 249 g/mol. The molecule has 102 valence electrons. The molecule has 0 aliphatic rings. The molecule has 18 heavy (non-hydrogen) atoms. The zero-order chi connectivity index (χ0) is 14.1. The van der Waals surface area contributed by atoms with Crippen LogP contribution < -0.4 is 10.1 Å². The van der Waals surface area contributed by atoms with Gasteiger partial charge in [0.15, 0.2) is 0 Å². The van der Waals surface area contributed by atoms with E-state index in [1.807, 2.05) is 7.05 Å². The summed E-state index contributed by atoms with van der Waals surface area (Å²) in [5.74, 6) is 0.982. The van der Waals surface area contributed by atoms with E-state index in [2.05, 4.69) is 59.0 Å². The van der Waals surface area contributed by atoms with Crippen LogP contribution in [-0.2, 0) is 11.0 Å². The highest BCUT2D eigenvalue weighted by molar-refractivity contribution is 5.47. The fraction of sp³-hybridized carbons (Fsp3) is 0.625. The maximum absolute atomic E-state index is 5.53. The Kier molecular flexibility index (Phi) is 4.12. The highest BCUT2D eigenvalue weighted by Crippen LogP contribution is 2.36. The zero-order valence-corrected chi connectivity index (χ0v) is 13.1. The first-order valence-electron chi connectivity index (χ1n) is 6.52. The summed E-state index contributed by atoms with van der Waals surface area (Å²) in [7, 11) is 3.74. The fourth-order valence-corrected chi connectivity index (χ4v) is 2.24. The maximum Gasteiger partial charge on any atom is 0.122 e. The number of benzene rings is 1. The molecule has 0 unspecified atom stereocenters. The smallest absolute Gasteiger partial charge is 0.122 e. The van der Waals surface area contributed by atoms with E-state index in [1.165, 1.54) is 16.7 Å². The average Bonchev–Trinajstić information content (AvgIpc) is 2.26. The Bertz CT molecular complexity index is 427. The molecule has 0 aromatic heterocycles. The largest absolute Gasteiger partial charge is 0.496 e. The lowest BCUT2D eigenvalue weighted by Crippen LogP contribution is -2.34. The Balaban J connectivity index is 3.49. The molecule has 2 nitrogen and oxygen atoms in total. The van der Waals surface area contributed by atoms with Crippen molar-refractivity contribution in [1.29, 1.82) is 0 Å².